The van der Waals surface area contributed by atoms with Crippen LogP contribution in [0.4, 0.5) is 0 Å². The van der Waals surface area contributed by atoms with Crippen molar-refractivity contribution in [3.63, 3.8) is 0 Å². The third kappa shape index (κ3) is 2.52. The molecule has 116 valence electrons. The highest BCUT2D eigenvalue weighted by molar-refractivity contribution is 5.80. The van der Waals surface area contributed by atoms with Crippen LogP contribution in [-0.4, -0.2) is 34.2 Å². The summed E-state index contributed by atoms with van der Waals surface area (Å²) in [6.45, 7) is 4.22. The molecule has 5 nitrogen and oxygen atoms in total. The lowest BCUT2D eigenvalue weighted by molar-refractivity contribution is -0.134. The normalized spacial score (nSPS) is 17.4. The molecule has 2 aromatic rings. The van der Waals surface area contributed by atoms with Crippen LogP contribution in [-0.2, 0) is 17.6 Å². The summed E-state index contributed by atoms with van der Waals surface area (Å²) in [4.78, 5) is 14.5. The molecule has 0 radical (unpaired) electrons. The van der Waals surface area contributed by atoms with E-state index in [2.05, 4.69) is 11.2 Å². The Kier molecular flexibility index (Phi) is 3.98. The highest BCUT2D eigenvalue weighted by Gasteiger charge is 2.30. The molecular weight excluding hydrogens is 280 g/mol. The first-order valence-electron chi connectivity index (χ1n) is 7.51. The van der Waals surface area contributed by atoms with Crippen molar-refractivity contribution >= 4 is 5.91 Å². The van der Waals surface area contributed by atoms with Gasteiger partial charge in [-0.2, -0.15) is 0 Å². The van der Waals surface area contributed by atoms with Crippen LogP contribution in [0.1, 0.15) is 34.2 Å². The van der Waals surface area contributed by atoms with Crippen LogP contribution in [0, 0.1) is 13.8 Å². The van der Waals surface area contributed by atoms with E-state index in [1.54, 1.807) is 4.90 Å². The number of hydrogen-bond donors (Lipinski definition) is 1. The van der Waals surface area contributed by atoms with Gasteiger partial charge < -0.3 is 14.5 Å². The maximum absolute atomic E-state index is 12.7. The van der Waals surface area contributed by atoms with E-state index in [0.717, 1.165) is 23.2 Å². The molecule has 3 rings (SSSR count). The molecule has 0 saturated heterocycles. The number of fused-ring (bicyclic) bond motifs is 1. The fourth-order valence-electron chi connectivity index (χ4n) is 3.15. The average Bonchev–Trinajstić information content (AvgIpc) is 2.85. The lowest BCUT2D eigenvalue weighted by atomic mass is 9.92. The molecular formula is C17H20N2O3. The van der Waals surface area contributed by atoms with Gasteiger partial charge in [0.1, 0.15) is 5.76 Å². The zero-order valence-corrected chi connectivity index (χ0v) is 12.9. The summed E-state index contributed by atoms with van der Waals surface area (Å²) in [5.74, 6) is 0.687. The van der Waals surface area contributed by atoms with Crippen molar-refractivity contribution in [2.75, 3.05) is 13.2 Å². The van der Waals surface area contributed by atoms with Gasteiger partial charge >= 0.3 is 0 Å². The van der Waals surface area contributed by atoms with Crippen molar-refractivity contribution in [2.45, 2.75) is 32.7 Å². The SMILES string of the molecule is Cc1noc(C)c1CC(=O)N1CCc2ccccc2C1CO. The molecule has 0 aliphatic carbocycles. The second-order valence-corrected chi connectivity index (χ2v) is 5.71. The molecule has 1 N–H and O–H groups in total. The quantitative estimate of drug-likeness (QED) is 0.941. The van der Waals surface area contributed by atoms with Gasteiger partial charge in [0.15, 0.2) is 0 Å². The zero-order valence-electron chi connectivity index (χ0n) is 12.9. The van der Waals surface area contributed by atoms with E-state index in [4.69, 9.17) is 4.52 Å². The van der Waals surface area contributed by atoms with Gasteiger partial charge in [0.05, 0.1) is 24.8 Å². The number of carbonyl (C=O) groups excluding carboxylic acids is 1. The first kappa shape index (κ1) is 14.8. The Balaban J connectivity index is 1.84. The Morgan fingerprint density at radius 2 is 2.18 bits per heavy atom. The number of nitrogens with zero attached hydrogens (tertiary/aromatic N) is 2. The van der Waals surface area contributed by atoms with Gasteiger partial charge in [-0.15, -0.1) is 0 Å². The number of amides is 1. The highest BCUT2D eigenvalue weighted by Crippen LogP contribution is 2.30. The van der Waals surface area contributed by atoms with Gasteiger partial charge in [-0.05, 0) is 31.4 Å². The summed E-state index contributed by atoms with van der Waals surface area (Å²) < 4.78 is 5.12. The van der Waals surface area contributed by atoms with Crippen molar-refractivity contribution in [3.8, 4) is 0 Å². The average molecular weight is 300 g/mol. The molecule has 0 fully saturated rings. The van der Waals surface area contributed by atoms with E-state index in [9.17, 15) is 9.90 Å². The first-order valence-corrected chi connectivity index (χ1v) is 7.51. The maximum atomic E-state index is 12.7. The molecule has 0 spiro atoms. The monoisotopic (exact) mass is 300 g/mol. The van der Waals surface area contributed by atoms with E-state index in [1.165, 1.54) is 5.56 Å². The van der Waals surface area contributed by atoms with Crippen LogP contribution in [0.2, 0.25) is 0 Å². The molecule has 1 unspecified atom stereocenters. The molecule has 1 aliphatic heterocycles. The van der Waals surface area contributed by atoms with Crippen molar-refractivity contribution in [2.24, 2.45) is 0 Å². The molecule has 1 aromatic carbocycles. The number of aryl methyl sites for hydroxylation is 2. The zero-order chi connectivity index (χ0) is 15.7. The van der Waals surface area contributed by atoms with Gasteiger partial charge in [-0.25, -0.2) is 0 Å². The molecule has 1 aromatic heterocycles. The van der Waals surface area contributed by atoms with Crippen molar-refractivity contribution in [1.29, 1.82) is 0 Å². The van der Waals surface area contributed by atoms with Gasteiger partial charge in [0, 0.05) is 12.1 Å². The smallest absolute Gasteiger partial charge is 0.227 e. The van der Waals surface area contributed by atoms with Gasteiger partial charge in [0.2, 0.25) is 5.91 Å². The number of aromatic nitrogens is 1. The maximum Gasteiger partial charge on any atom is 0.227 e. The summed E-state index contributed by atoms with van der Waals surface area (Å²) in [6, 6.07) is 7.73. The van der Waals surface area contributed by atoms with Crippen LogP contribution in [0.15, 0.2) is 28.8 Å². The fourth-order valence-corrected chi connectivity index (χ4v) is 3.15. The second-order valence-electron chi connectivity index (χ2n) is 5.71. The largest absolute Gasteiger partial charge is 0.394 e. The minimum Gasteiger partial charge on any atom is -0.394 e. The summed E-state index contributed by atoms with van der Waals surface area (Å²) in [5.41, 5.74) is 3.86. The van der Waals surface area contributed by atoms with Crippen LogP contribution >= 0.6 is 0 Å². The first-order chi connectivity index (χ1) is 10.6. The van der Waals surface area contributed by atoms with Gasteiger partial charge in [-0.3, -0.25) is 4.79 Å². The topological polar surface area (TPSA) is 66.6 Å². The molecule has 22 heavy (non-hydrogen) atoms. The molecule has 1 amide bonds. The molecule has 0 bridgehead atoms. The Hall–Kier alpha value is -2.14. The lowest BCUT2D eigenvalue weighted by Crippen LogP contribution is -2.42. The second kappa shape index (κ2) is 5.93. The Labute approximate surface area is 129 Å². The van der Waals surface area contributed by atoms with Crippen molar-refractivity contribution in [3.05, 3.63) is 52.4 Å². The molecule has 1 aliphatic rings. The lowest BCUT2D eigenvalue weighted by Gasteiger charge is -2.36. The number of rotatable bonds is 3. The van der Waals surface area contributed by atoms with Crippen molar-refractivity contribution in [1.82, 2.24) is 10.1 Å². The Morgan fingerprint density at radius 1 is 1.41 bits per heavy atom. The summed E-state index contributed by atoms with van der Waals surface area (Å²) in [7, 11) is 0. The van der Waals surface area contributed by atoms with Gasteiger partial charge in [0.25, 0.3) is 0 Å². The number of aliphatic hydroxyl groups is 1. The van der Waals surface area contributed by atoms with E-state index in [0.29, 0.717) is 12.3 Å². The number of benzene rings is 1. The highest BCUT2D eigenvalue weighted by atomic mass is 16.5. The Morgan fingerprint density at radius 3 is 2.86 bits per heavy atom. The molecule has 1 atom stereocenters. The summed E-state index contributed by atoms with van der Waals surface area (Å²) in [5, 5.41) is 13.7. The number of aliphatic hydroxyl groups excluding tert-OH is 1. The van der Waals surface area contributed by atoms with Gasteiger partial charge in [-0.1, -0.05) is 29.4 Å². The third-order valence-corrected chi connectivity index (χ3v) is 4.41. The van der Waals surface area contributed by atoms with E-state index in [1.807, 2.05) is 32.0 Å². The fraction of sp³-hybridized carbons (Fsp3) is 0.412. The van der Waals surface area contributed by atoms with E-state index in [-0.39, 0.29) is 25.0 Å². The Bertz CT molecular complexity index is 673. The minimum atomic E-state index is -0.266. The standard InChI is InChI=1S/C17H20N2O3/c1-11-15(12(2)22-18-11)9-17(21)19-8-7-13-5-3-4-6-14(13)16(19)10-20/h3-6,16,20H,7-10H2,1-2H3. The van der Waals surface area contributed by atoms with E-state index < -0.39 is 0 Å². The predicted octanol–water partition coefficient (Wildman–Crippen LogP) is 1.95. The number of carbonyl (C=O) groups is 1. The van der Waals surface area contributed by atoms with Crippen LogP contribution in [0.25, 0.3) is 0 Å². The van der Waals surface area contributed by atoms with Crippen LogP contribution in [0.3, 0.4) is 0 Å². The van der Waals surface area contributed by atoms with E-state index >= 15 is 0 Å². The molecule has 5 heteroatoms. The predicted molar refractivity (Wildman–Crippen MR) is 81.4 cm³/mol. The summed E-state index contributed by atoms with van der Waals surface area (Å²) >= 11 is 0. The molecule has 2 heterocycles. The van der Waals surface area contributed by atoms with Crippen LogP contribution in [0.5, 0.6) is 0 Å². The third-order valence-electron chi connectivity index (χ3n) is 4.41. The summed E-state index contributed by atoms with van der Waals surface area (Å²) in [6.07, 6.45) is 1.08. The molecule has 0 saturated carbocycles. The minimum absolute atomic E-state index is 0.00273. The van der Waals surface area contributed by atoms with Crippen molar-refractivity contribution < 1.29 is 14.4 Å². The van der Waals surface area contributed by atoms with Crippen LogP contribution < -0.4 is 0 Å². The number of hydrogen-bond acceptors (Lipinski definition) is 4.